The van der Waals surface area contributed by atoms with Gasteiger partial charge in [-0.1, -0.05) is 48.0 Å². The number of Topliss-reactive ketones (excluding diaryl/α,β-unsaturated/α-hetero) is 1. The number of ketones is 1. The van der Waals surface area contributed by atoms with Gasteiger partial charge >= 0.3 is 5.63 Å². The second kappa shape index (κ2) is 6.81. The maximum absolute atomic E-state index is 13.2. The monoisotopic (exact) mass is 376 g/mol. The van der Waals surface area contributed by atoms with Crippen molar-refractivity contribution in [1.29, 1.82) is 0 Å². The van der Waals surface area contributed by atoms with E-state index in [0.29, 0.717) is 21.7 Å². The Hall–Kier alpha value is -3.25. The van der Waals surface area contributed by atoms with Gasteiger partial charge in [-0.2, -0.15) is 0 Å². The van der Waals surface area contributed by atoms with Gasteiger partial charge in [0.2, 0.25) is 0 Å². The molecule has 0 fully saturated rings. The van der Waals surface area contributed by atoms with E-state index in [1.165, 1.54) is 0 Å². The number of fused-ring (bicyclic) bond motifs is 1. The topological polar surface area (TPSA) is 71.3 Å². The van der Waals surface area contributed by atoms with Crippen LogP contribution in [0.3, 0.4) is 0 Å². The van der Waals surface area contributed by atoms with E-state index < -0.39 is 17.5 Å². The van der Waals surface area contributed by atoms with Crippen molar-refractivity contribution in [2.75, 3.05) is 0 Å². The van der Waals surface area contributed by atoms with E-state index in [4.69, 9.17) is 16.6 Å². The molecule has 1 aromatic heterocycles. The lowest BCUT2D eigenvalue weighted by Crippen LogP contribution is -2.42. The standard InChI is InChI=1S/C21H16N2O3S/c1-12-6-8-13(9-7-12)18-16(11-22-21(27)23-18)19(24)15-10-14-4-2-3-5-17(14)26-20(15)25/h2-11,18H,1H3,(H2,22,23,27). The molecule has 1 unspecified atom stereocenters. The minimum atomic E-state index is -0.657. The van der Waals surface area contributed by atoms with Crippen molar-refractivity contribution >= 4 is 34.1 Å². The molecule has 1 aliphatic heterocycles. The summed E-state index contributed by atoms with van der Waals surface area (Å²) in [6.07, 6.45) is 1.56. The van der Waals surface area contributed by atoms with Crippen molar-refractivity contribution in [3.05, 3.63) is 93.5 Å². The molecule has 0 bridgehead atoms. The van der Waals surface area contributed by atoms with Gasteiger partial charge in [-0.25, -0.2) is 4.79 Å². The van der Waals surface area contributed by atoms with Crippen LogP contribution < -0.4 is 16.3 Å². The number of rotatable bonds is 3. The van der Waals surface area contributed by atoms with Crippen molar-refractivity contribution < 1.29 is 9.21 Å². The summed E-state index contributed by atoms with van der Waals surface area (Å²) in [4.78, 5) is 25.6. The number of nitrogens with one attached hydrogen (secondary N) is 2. The smallest absolute Gasteiger partial charge is 0.347 e. The van der Waals surface area contributed by atoms with Crippen LogP contribution >= 0.6 is 12.2 Å². The molecule has 27 heavy (non-hydrogen) atoms. The van der Waals surface area contributed by atoms with Crippen LogP contribution in [0.5, 0.6) is 0 Å². The molecule has 2 N–H and O–H groups in total. The zero-order chi connectivity index (χ0) is 19.0. The third kappa shape index (κ3) is 3.27. The first-order chi connectivity index (χ1) is 13.0. The first-order valence-electron chi connectivity index (χ1n) is 8.44. The van der Waals surface area contributed by atoms with Crippen LogP contribution in [-0.2, 0) is 0 Å². The van der Waals surface area contributed by atoms with Gasteiger partial charge in [-0.05, 0) is 36.8 Å². The third-order valence-electron chi connectivity index (χ3n) is 4.50. The largest absolute Gasteiger partial charge is 0.422 e. The maximum atomic E-state index is 13.2. The van der Waals surface area contributed by atoms with Crippen LogP contribution in [-0.4, -0.2) is 10.9 Å². The fraction of sp³-hybridized carbons (Fsp3) is 0.0952. The highest BCUT2D eigenvalue weighted by Gasteiger charge is 2.29. The molecule has 1 aliphatic rings. The summed E-state index contributed by atoms with van der Waals surface area (Å²) in [6.45, 7) is 1.99. The van der Waals surface area contributed by atoms with Crippen molar-refractivity contribution in [2.24, 2.45) is 0 Å². The summed E-state index contributed by atoms with van der Waals surface area (Å²) in [5.41, 5.74) is 2.18. The summed E-state index contributed by atoms with van der Waals surface area (Å²) in [5.74, 6) is -0.400. The fourth-order valence-electron chi connectivity index (χ4n) is 3.07. The lowest BCUT2D eigenvalue weighted by Gasteiger charge is -2.27. The van der Waals surface area contributed by atoms with E-state index in [1.807, 2.05) is 37.3 Å². The molecule has 4 rings (SSSR count). The van der Waals surface area contributed by atoms with Gasteiger partial charge in [0.25, 0.3) is 0 Å². The van der Waals surface area contributed by atoms with Gasteiger partial charge in [-0.15, -0.1) is 0 Å². The molecule has 2 aromatic carbocycles. The van der Waals surface area contributed by atoms with Crippen molar-refractivity contribution in [2.45, 2.75) is 13.0 Å². The Labute approximate surface area is 160 Å². The zero-order valence-electron chi connectivity index (χ0n) is 14.5. The number of aryl methyl sites for hydroxylation is 1. The molecule has 0 saturated carbocycles. The lowest BCUT2D eigenvalue weighted by molar-refractivity contribution is 0.102. The van der Waals surface area contributed by atoms with Crippen LogP contribution in [0, 0.1) is 6.92 Å². The predicted molar refractivity (Wildman–Crippen MR) is 108 cm³/mol. The van der Waals surface area contributed by atoms with Crippen LogP contribution in [0.25, 0.3) is 11.0 Å². The molecular formula is C21H16N2O3S. The minimum absolute atomic E-state index is 0.00604. The first-order valence-corrected chi connectivity index (χ1v) is 8.85. The molecule has 1 atom stereocenters. The summed E-state index contributed by atoms with van der Waals surface area (Å²) in [6, 6.07) is 16.0. The second-order valence-electron chi connectivity index (χ2n) is 6.38. The molecular weight excluding hydrogens is 360 g/mol. The average molecular weight is 376 g/mol. The second-order valence-corrected chi connectivity index (χ2v) is 6.78. The van der Waals surface area contributed by atoms with E-state index in [-0.39, 0.29) is 5.56 Å². The quantitative estimate of drug-likeness (QED) is 0.415. The normalized spacial score (nSPS) is 16.4. The highest BCUT2D eigenvalue weighted by Crippen LogP contribution is 2.27. The Morgan fingerprint density at radius 1 is 1.11 bits per heavy atom. The summed E-state index contributed by atoms with van der Waals surface area (Å²) >= 11 is 5.20. The van der Waals surface area contributed by atoms with Gasteiger partial charge in [0, 0.05) is 17.2 Å². The number of para-hydroxylation sites is 1. The Balaban J connectivity index is 1.79. The van der Waals surface area contributed by atoms with Gasteiger partial charge < -0.3 is 15.1 Å². The SMILES string of the molecule is Cc1ccc(C2NC(=S)NC=C2C(=O)c2cc3ccccc3oc2=O)cc1. The van der Waals surface area contributed by atoms with Crippen LogP contribution in [0.15, 0.2) is 75.6 Å². The van der Waals surface area contributed by atoms with Gasteiger partial charge in [0.15, 0.2) is 10.9 Å². The average Bonchev–Trinajstić information content (AvgIpc) is 2.67. The molecule has 3 aromatic rings. The van der Waals surface area contributed by atoms with Crippen LogP contribution in [0.4, 0.5) is 0 Å². The predicted octanol–water partition coefficient (Wildman–Crippen LogP) is 3.39. The minimum Gasteiger partial charge on any atom is -0.422 e. The Morgan fingerprint density at radius 3 is 2.63 bits per heavy atom. The molecule has 0 aliphatic carbocycles. The van der Waals surface area contributed by atoms with Crippen LogP contribution in [0.2, 0.25) is 0 Å². The molecule has 5 nitrogen and oxygen atoms in total. The molecule has 134 valence electrons. The first kappa shape index (κ1) is 17.2. The molecule has 0 amide bonds. The van der Waals surface area contributed by atoms with Crippen molar-refractivity contribution in [3.8, 4) is 0 Å². The van der Waals surface area contributed by atoms with Crippen molar-refractivity contribution in [3.63, 3.8) is 0 Å². The van der Waals surface area contributed by atoms with Crippen molar-refractivity contribution in [1.82, 2.24) is 10.6 Å². The number of carbonyl (C=O) groups is 1. The number of carbonyl (C=O) groups excluding carboxylic acids is 1. The summed E-state index contributed by atoms with van der Waals surface area (Å²) < 4.78 is 5.31. The number of hydrogen-bond acceptors (Lipinski definition) is 4. The van der Waals surface area contributed by atoms with E-state index >= 15 is 0 Å². The Kier molecular flexibility index (Phi) is 4.33. The van der Waals surface area contributed by atoms with Gasteiger partial charge in [-0.3, -0.25) is 4.79 Å². The Morgan fingerprint density at radius 2 is 1.85 bits per heavy atom. The van der Waals surface area contributed by atoms with Gasteiger partial charge in [0.05, 0.1) is 6.04 Å². The number of thiocarbonyl (C=S) groups is 1. The van der Waals surface area contributed by atoms with Gasteiger partial charge in [0.1, 0.15) is 11.1 Å². The van der Waals surface area contributed by atoms with Crippen LogP contribution in [0.1, 0.15) is 27.5 Å². The summed E-state index contributed by atoms with van der Waals surface area (Å²) in [7, 11) is 0. The van der Waals surface area contributed by atoms with E-state index in [0.717, 1.165) is 11.1 Å². The molecule has 0 saturated heterocycles. The molecule has 2 heterocycles. The molecule has 6 heteroatoms. The highest BCUT2D eigenvalue weighted by molar-refractivity contribution is 7.80. The van der Waals surface area contributed by atoms with E-state index in [1.54, 1.807) is 30.5 Å². The molecule has 0 radical (unpaired) electrons. The van der Waals surface area contributed by atoms with E-state index in [2.05, 4.69) is 10.6 Å². The Bertz CT molecular complexity index is 1150. The van der Waals surface area contributed by atoms with E-state index in [9.17, 15) is 9.59 Å². The maximum Gasteiger partial charge on any atom is 0.347 e. The highest BCUT2D eigenvalue weighted by atomic mass is 32.1. The zero-order valence-corrected chi connectivity index (χ0v) is 15.3. The molecule has 0 spiro atoms. The summed E-state index contributed by atoms with van der Waals surface area (Å²) in [5, 5.41) is 7.08. The fourth-order valence-corrected chi connectivity index (χ4v) is 3.25. The number of hydrogen-bond donors (Lipinski definition) is 2. The third-order valence-corrected chi connectivity index (χ3v) is 4.74. The number of benzene rings is 2. The lowest BCUT2D eigenvalue weighted by atomic mass is 9.92.